The Kier molecular flexibility index (Phi) is 3.66. The molecule has 1 aliphatic rings. The summed E-state index contributed by atoms with van der Waals surface area (Å²) in [5.74, 6) is -0.655. The molecule has 0 bridgehead atoms. The largest absolute Gasteiger partial charge is 0.366 e. The van der Waals surface area contributed by atoms with Crippen molar-refractivity contribution in [2.45, 2.75) is 0 Å². The van der Waals surface area contributed by atoms with Gasteiger partial charge in [0.25, 0.3) is 5.69 Å². The molecule has 0 saturated carbocycles. The second kappa shape index (κ2) is 5.23. The fourth-order valence-corrected chi connectivity index (χ4v) is 2.22. The minimum absolute atomic E-state index is 0.0594. The molecule has 0 aliphatic carbocycles. The third kappa shape index (κ3) is 2.82. The Balaban J connectivity index is 2.34. The highest BCUT2D eigenvalue weighted by Gasteiger charge is 2.24. The van der Waals surface area contributed by atoms with Gasteiger partial charge in [0.15, 0.2) is 0 Å². The number of rotatable bonds is 3. The van der Waals surface area contributed by atoms with Gasteiger partial charge < -0.3 is 15.5 Å². The third-order valence-electron chi connectivity index (χ3n) is 3.41. The highest BCUT2D eigenvalue weighted by Crippen LogP contribution is 2.29. The molecule has 3 N–H and O–H groups in total. The van der Waals surface area contributed by atoms with Crippen LogP contribution in [-0.4, -0.2) is 44.1 Å². The number of hydrogen-bond acceptors (Lipinski definition) is 4. The van der Waals surface area contributed by atoms with Gasteiger partial charge in [-0.2, -0.15) is 0 Å². The van der Waals surface area contributed by atoms with Crippen molar-refractivity contribution in [2.75, 3.05) is 38.1 Å². The van der Waals surface area contributed by atoms with Crippen molar-refractivity contribution in [1.29, 1.82) is 0 Å². The molecule has 102 valence electrons. The Labute approximate surface area is 110 Å². The number of anilines is 1. The quantitative estimate of drug-likeness (QED) is 0.543. The normalized spacial score (nSPS) is 16.4. The van der Waals surface area contributed by atoms with Gasteiger partial charge in [-0.1, -0.05) is 0 Å². The van der Waals surface area contributed by atoms with Crippen molar-refractivity contribution in [3.63, 3.8) is 0 Å². The van der Waals surface area contributed by atoms with Gasteiger partial charge in [-0.15, -0.1) is 0 Å². The molecule has 0 spiro atoms. The number of amides is 1. The van der Waals surface area contributed by atoms with E-state index < -0.39 is 10.8 Å². The zero-order valence-corrected chi connectivity index (χ0v) is 10.8. The summed E-state index contributed by atoms with van der Waals surface area (Å²) in [7, 11) is 2.10. The number of nitro benzene ring substituents is 1. The van der Waals surface area contributed by atoms with E-state index in [2.05, 4.69) is 7.05 Å². The van der Waals surface area contributed by atoms with Crippen LogP contribution in [0.4, 0.5) is 11.4 Å². The molecule has 1 saturated heterocycles. The number of benzene rings is 1. The van der Waals surface area contributed by atoms with Crippen molar-refractivity contribution < 1.29 is 14.6 Å². The zero-order valence-electron chi connectivity index (χ0n) is 10.8. The Morgan fingerprint density at radius 1 is 1.42 bits per heavy atom. The predicted octanol–water partition coefficient (Wildman–Crippen LogP) is -0.972. The first-order valence-electron chi connectivity index (χ1n) is 6.13. The van der Waals surface area contributed by atoms with Gasteiger partial charge in [0.1, 0.15) is 5.69 Å². The molecule has 0 unspecified atom stereocenters. The first kappa shape index (κ1) is 13.3. The van der Waals surface area contributed by atoms with Crippen LogP contribution in [0.1, 0.15) is 10.4 Å². The summed E-state index contributed by atoms with van der Waals surface area (Å²) in [4.78, 5) is 25.1. The fraction of sp³-hybridized carbons (Fsp3) is 0.417. The van der Waals surface area contributed by atoms with Crippen molar-refractivity contribution in [1.82, 2.24) is 0 Å². The topological polar surface area (TPSA) is 93.9 Å². The van der Waals surface area contributed by atoms with Crippen molar-refractivity contribution >= 4 is 17.3 Å². The van der Waals surface area contributed by atoms with Gasteiger partial charge in [-0.05, 0) is 12.1 Å². The van der Waals surface area contributed by atoms with Crippen LogP contribution < -0.4 is 15.5 Å². The Hall–Kier alpha value is -2.15. The number of nitrogens with zero attached hydrogens (tertiary/aromatic N) is 2. The van der Waals surface area contributed by atoms with E-state index in [4.69, 9.17) is 5.73 Å². The number of hydrogen-bond donors (Lipinski definition) is 2. The molecule has 1 aromatic rings. The molecule has 0 aromatic heterocycles. The molecule has 1 fully saturated rings. The SMILES string of the molecule is C[NH+]1CCN(c2ccc(C(N)=O)cc2[N+](=O)[O-])CC1. The van der Waals surface area contributed by atoms with Crippen molar-refractivity contribution in [3.05, 3.63) is 33.9 Å². The van der Waals surface area contributed by atoms with Gasteiger partial charge in [0.2, 0.25) is 5.91 Å². The molecule has 1 aromatic carbocycles. The summed E-state index contributed by atoms with van der Waals surface area (Å²) in [5.41, 5.74) is 5.81. The number of carbonyl (C=O) groups excluding carboxylic acids is 1. The summed E-state index contributed by atoms with van der Waals surface area (Å²) in [6, 6.07) is 4.40. The van der Waals surface area contributed by atoms with E-state index in [9.17, 15) is 14.9 Å². The minimum Gasteiger partial charge on any atom is -0.366 e. The van der Waals surface area contributed by atoms with Gasteiger partial charge >= 0.3 is 0 Å². The van der Waals surface area contributed by atoms with Crippen LogP contribution in [0.25, 0.3) is 0 Å². The van der Waals surface area contributed by atoms with Crippen LogP contribution in [0.2, 0.25) is 0 Å². The number of nitro groups is 1. The van der Waals surface area contributed by atoms with Crippen LogP contribution in [-0.2, 0) is 0 Å². The molecule has 1 heterocycles. The summed E-state index contributed by atoms with van der Waals surface area (Å²) in [5, 5.41) is 11.1. The maximum absolute atomic E-state index is 11.1. The van der Waals surface area contributed by atoms with Gasteiger partial charge in [0.05, 0.1) is 38.2 Å². The number of piperazine rings is 1. The first-order valence-corrected chi connectivity index (χ1v) is 6.13. The molecule has 1 aliphatic heterocycles. The molecule has 0 radical (unpaired) electrons. The Bertz CT molecular complexity index is 510. The van der Waals surface area contributed by atoms with Gasteiger partial charge in [0, 0.05) is 11.6 Å². The van der Waals surface area contributed by atoms with E-state index >= 15 is 0 Å². The monoisotopic (exact) mass is 265 g/mol. The smallest absolute Gasteiger partial charge is 0.293 e. The summed E-state index contributed by atoms with van der Waals surface area (Å²) >= 11 is 0. The number of likely N-dealkylation sites (N-methyl/N-ethyl adjacent to an activating group) is 1. The van der Waals surface area contributed by atoms with E-state index in [-0.39, 0.29) is 11.3 Å². The summed E-state index contributed by atoms with van der Waals surface area (Å²) in [6.45, 7) is 3.41. The number of primary amides is 1. The van der Waals surface area contributed by atoms with Crippen LogP contribution in [0, 0.1) is 10.1 Å². The Morgan fingerprint density at radius 2 is 2.05 bits per heavy atom. The van der Waals surface area contributed by atoms with Crippen molar-refractivity contribution in [3.8, 4) is 0 Å². The van der Waals surface area contributed by atoms with E-state index in [0.29, 0.717) is 5.69 Å². The highest BCUT2D eigenvalue weighted by atomic mass is 16.6. The zero-order chi connectivity index (χ0) is 14.0. The van der Waals surface area contributed by atoms with E-state index in [0.717, 1.165) is 26.2 Å². The Morgan fingerprint density at radius 3 is 2.58 bits per heavy atom. The average molecular weight is 265 g/mol. The maximum atomic E-state index is 11.1. The molecule has 7 nitrogen and oxygen atoms in total. The summed E-state index contributed by atoms with van der Waals surface area (Å²) in [6.07, 6.45) is 0. The lowest BCUT2D eigenvalue weighted by molar-refractivity contribution is -0.880. The van der Waals surface area contributed by atoms with Gasteiger partial charge in [-0.25, -0.2) is 0 Å². The number of carbonyl (C=O) groups is 1. The predicted molar refractivity (Wildman–Crippen MR) is 70.4 cm³/mol. The molecule has 1 amide bonds. The lowest BCUT2D eigenvalue weighted by Crippen LogP contribution is -3.12. The molecule has 0 atom stereocenters. The molecule has 7 heteroatoms. The minimum atomic E-state index is -0.655. The summed E-state index contributed by atoms with van der Waals surface area (Å²) < 4.78 is 0. The van der Waals surface area contributed by atoms with Gasteiger partial charge in [-0.3, -0.25) is 14.9 Å². The maximum Gasteiger partial charge on any atom is 0.293 e. The molecule has 19 heavy (non-hydrogen) atoms. The number of nitrogens with one attached hydrogen (secondary N) is 1. The average Bonchev–Trinajstić information content (AvgIpc) is 2.38. The van der Waals surface area contributed by atoms with E-state index in [1.807, 2.05) is 4.90 Å². The second-order valence-corrected chi connectivity index (χ2v) is 4.77. The highest BCUT2D eigenvalue weighted by molar-refractivity contribution is 5.94. The third-order valence-corrected chi connectivity index (χ3v) is 3.41. The first-order chi connectivity index (χ1) is 8.99. The molecule has 2 rings (SSSR count). The molecular weight excluding hydrogens is 248 g/mol. The number of nitrogens with two attached hydrogens (primary N) is 1. The lowest BCUT2D eigenvalue weighted by atomic mass is 10.1. The van der Waals surface area contributed by atoms with Crippen LogP contribution >= 0.6 is 0 Å². The van der Waals surface area contributed by atoms with Crippen LogP contribution in [0.3, 0.4) is 0 Å². The van der Waals surface area contributed by atoms with Crippen molar-refractivity contribution in [2.24, 2.45) is 5.73 Å². The van der Waals surface area contributed by atoms with Crippen LogP contribution in [0.5, 0.6) is 0 Å². The van der Waals surface area contributed by atoms with Crippen LogP contribution in [0.15, 0.2) is 18.2 Å². The standard InChI is InChI=1S/C12H16N4O3/c1-14-4-6-15(7-5-14)10-3-2-9(12(13)17)8-11(10)16(18)19/h2-3,8H,4-7H2,1H3,(H2,13,17)/p+1. The lowest BCUT2D eigenvalue weighted by Gasteiger charge is -2.31. The fourth-order valence-electron chi connectivity index (χ4n) is 2.22. The number of quaternary nitrogens is 1. The van der Waals surface area contributed by atoms with E-state index in [1.165, 1.54) is 17.0 Å². The van der Waals surface area contributed by atoms with E-state index in [1.54, 1.807) is 6.07 Å². The second-order valence-electron chi connectivity index (χ2n) is 4.77. The molecular formula is C12H17N4O3+.